The summed E-state index contributed by atoms with van der Waals surface area (Å²) in [6, 6.07) is 10.0. The van der Waals surface area contributed by atoms with E-state index in [0.29, 0.717) is 6.61 Å². The molecular weight excluding hydrogens is 190 g/mol. The van der Waals surface area contributed by atoms with Crippen LogP contribution in [0.15, 0.2) is 30.3 Å². The topological polar surface area (TPSA) is 55.5 Å². The first-order chi connectivity index (χ1) is 7.27. The molecule has 3 nitrogen and oxygen atoms in total. The van der Waals surface area contributed by atoms with Crippen LogP contribution in [0.25, 0.3) is 0 Å². The number of aliphatic hydroxyl groups is 1. The highest BCUT2D eigenvalue weighted by Crippen LogP contribution is 2.20. The average molecular weight is 209 g/mol. The quantitative estimate of drug-likeness (QED) is 0.746. The second-order valence-electron chi connectivity index (χ2n) is 3.53. The summed E-state index contributed by atoms with van der Waals surface area (Å²) in [5, 5.41) is 9.30. The molecule has 0 fully saturated rings. The summed E-state index contributed by atoms with van der Waals surface area (Å²) in [4.78, 5) is 0. The Kier molecular flexibility index (Phi) is 5.32. The van der Waals surface area contributed by atoms with Crippen LogP contribution in [-0.4, -0.2) is 24.4 Å². The van der Waals surface area contributed by atoms with E-state index < -0.39 is 6.10 Å². The molecule has 15 heavy (non-hydrogen) atoms. The second-order valence-corrected chi connectivity index (χ2v) is 3.53. The molecular formula is C12H19NO2. The van der Waals surface area contributed by atoms with Crippen LogP contribution in [0.5, 0.6) is 0 Å². The lowest BCUT2D eigenvalue weighted by atomic mass is 10.1. The molecule has 0 aliphatic rings. The van der Waals surface area contributed by atoms with Crippen LogP contribution in [0, 0.1) is 0 Å². The zero-order chi connectivity index (χ0) is 11.1. The van der Waals surface area contributed by atoms with E-state index in [1.54, 1.807) is 0 Å². The summed E-state index contributed by atoms with van der Waals surface area (Å²) < 4.78 is 5.60. The fourth-order valence-electron chi connectivity index (χ4n) is 1.41. The van der Waals surface area contributed by atoms with Crippen molar-refractivity contribution in [2.24, 2.45) is 5.73 Å². The summed E-state index contributed by atoms with van der Waals surface area (Å²) in [5.41, 5.74) is 6.45. The standard InChI is InChI=1S/C12H19NO2/c1-2-12(15-9-11(14)8-13)10-6-4-3-5-7-10/h3-7,11-12,14H,2,8-9,13H2,1H3/t11-,12+/m1/s1. The highest BCUT2D eigenvalue weighted by molar-refractivity contribution is 5.17. The molecule has 0 aromatic heterocycles. The summed E-state index contributed by atoms with van der Waals surface area (Å²) in [5.74, 6) is 0. The Morgan fingerprint density at radius 2 is 2.00 bits per heavy atom. The van der Waals surface area contributed by atoms with Crippen molar-refractivity contribution in [1.29, 1.82) is 0 Å². The van der Waals surface area contributed by atoms with Gasteiger partial charge in [0.1, 0.15) is 0 Å². The molecule has 84 valence electrons. The van der Waals surface area contributed by atoms with Gasteiger partial charge < -0.3 is 15.6 Å². The molecule has 1 aromatic carbocycles. The van der Waals surface area contributed by atoms with Gasteiger partial charge in [0.2, 0.25) is 0 Å². The van der Waals surface area contributed by atoms with Crippen LogP contribution in [0.2, 0.25) is 0 Å². The van der Waals surface area contributed by atoms with Crippen LogP contribution in [-0.2, 0) is 4.74 Å². The maximum absolute atomic E-state index is 9.30. The predicted molar refractivity (Wildman–Crippen MR) is 60.5 cm³/mol. The van der Waals surface area contributed by atoms with E-state index in [9.17, 15) is 5.11 Å². The Hall–Kier alpha value is -0.900. The van der Waals surface area contributed by atoms with Gasteiger partial charge in [-0.3, -0.25) is 0 Å². The number of hydrogen-bond donors (Lipinski definition) is 2. The first kappa shape index (κ1) is 12.2. The van der Waals surface area contributed by atoms with Crippen LogP contribution < -0.4 is 5.73 Å². The molecule has 0 aliphatic carbocycles. The van der Waals surface area contributed by atoms with Gasteiger partial charge in [-0.1, -0.05) is 37.3 Å². The van der Waals surface area contributed by atoms with Gasteiger partial charge in [0.25, 0.3) is 0 Å². The van der Waals surface area contributed by atoms with Crippen LogP contribution in [0.4, 0.5) is 0 Å². The van der Waals surface area contributed by atoms with E-state index in [2.05, 4.69) is 6.92 Å². The molecule has 0 aliphatic heterocycles. The first-order valence-electron chi connectivity index (χ1n) is 5.32. The first-order valence-corrected chi connectivity index (χ1v) is 5.32. The van der Waals surface area contributed by atoms with Crippen molar-refractivity contribution in [3.8, 4) is 0 Å². The molecule has 1 rings (SSSR count). The minimum atomic E-state index is -0.567. The average Bonchev–Trinajstić information content (AvgIpc) is 2.31. The molecule has 0 spiro atoms. The van der Waals surface area contributed by atoms with Gasteiger partial charge in [-0.15, -0.1) is 0 Å². The van der Waals surface area contributed by atoms with E-state index in [4.69, 9.17) is 10.5 Å². The maximum atomic E-state index is 9.30. The van der Waals surface area contributed by atoms with Gasteiger partial charge in [0.15, 0.2) is 0 Å². The molecule has 1 aromatic rings. The molecule has 0 saturated heterocycles. The Morgan fingerprint density at radius 3 is 2.53 bits per heavy atom. The van der Waals surface area contributed by atoms with Crippen molar-refractivity contribution in [3.63, 3.8) is 0 Å². The van der Waals surface area contributed by atoms with E-state index in [0.717, 1.165) is 12.0 Å². The maximum Gasteiger partial charge on any atom is 0.0895 e. The molecule has 3 heteroatoms. The van der Waals surface area contributed by atoms with Crippen LogP contribution >= 0.6 is 0 Å². The Balaban J connectivity index is 2.50. The smallest absolute Gasteiger partial charge is 0.0895 e. The molecule has 0 saturated carbocycles. The molecule has 0 radical (unpaired) electrons. The van der Waals surface area contributed by atoms with Gasteiger partial charge in [0.05, 0.1) is 18.8 Å². The predicted octanol–water partition coefficient (Wildman–Crippen LogP) is 1.47. The number of nitrogens with two attached hydrogens (primary N) is 1. The normalized spacial score (nSPS) is 14.9. The summed E-state index contributed by atoms with van der Waals surface area (Å²) >= 11 is 0. The van der Waals surface area contributed by atoms with Gasteiger partial charge >= 0.3 is 0 Å². The number of rotatable bonds is 6. The minimum Gasteiger partial charge on any atom is -0.389 e. The summed E-state index contributed by atoms with van der Waals surface area (Å²) in [6.07, 6.45) is 0.372. The van der Waals surface area contributed by atoms with E-state index in [1.165, 1.54) is 0 Å². The van der Waals surface area contributed by atoms with Crippen LogP contribution in [0.1, 0.15) is 25.0 Å². The highest BCUT2D eigenvalue weighted by atomic mass is 16.5. The number of hydrogen-bond acceptors (Lipinski definition) is 3. The molecule has 2 atom stereocenters. The van der Waals surface area contributed by atoms with E-state index in [1.807, 2.05) is 30.3 Å². The van der Waals surface area contributed by atoms with Gasteiger partial charge in [-0.05, 0) is 12.0 Å². The molecule has 0 unspecified atom stereocenters. The molecule has 3 N–H and O–H groups in total. The third kappa shape index (κ3) is 4.00. The largest absolute Gasteiger partial charge is 0.389 e. The zero-order valence-electron chi connectivity index (χ0n) is 9.10. The van der Waals surface area contributed by atoms with E-state index >= 15 is 0 Å². The summed E-state index contributed by atoms with van der Waals surface area (Å²) in [7, 11) is 0. The van der Waals surface area contributed by atoms with Crippen molar-refractivity contribution in [1.82, 2.24) is 0 Å². The van der Waals surface area contributed by atoms with Crippen molar-refractivity contribution in [2.45, 2.75) is 25.6 Å². The lowest BCUT2D eigenvalue weighted by molar-refractivity contribution is -0.00863. The van der Waals surface area contributed by atoms with Crippen LogP contribution in [0.3, 0.4) is 0 Å². The van der Waals surface area contributed by atoms with E-state index in [-0.39, 0.29) is 12.6 Å². The lowest BCUT2D eigenvalue weighted by Gasteiger charge is -2.18. The van der Waals surface area contributed by atoms with Gasteiger partial charge in [0, 0.05) is 6.54 Å². The van der Waals surface area contributed by atoms with Gasteiger partial charge in [-0.25, -0.2) is 0 Å². The zero-order valence-corrected chi connectivity index (χ0v) is 9.10. The highest BCUT2D eigenvalue weighted by Gasteiger charge is 2.11. The number of benzene rings is 1. The van der Waals surface area contributed by atoms with Crippen molar-refractivity contribution < 1.29 is 9.84 Å². The van der Waals surface area contributed by atoms with Gasteiger partial charge in [-0.2, -0.15) is 0 Å². The third-order valence-corrected chi connectivity index (χ3v) is 2.30. The Labute approximate surface area is 90.9 Å². The molecule has 0 heterocycles. The monoisotopic (exact) mass is 209 g/mol. The minimum absolute atomic E-state index is 0.0485. The SMILES string of the molecule is CC[C@H](OC[C@H](O)CN)c1ccccc1. The second kappa shape index (κ2) is 6.56. The third-order valence-electron chi connectivity index (χ3n) is 2.30. The number of ether oxygens (including phenoxy) is 1. The Bertz CT molecular complexity index is 264. The fraction of sp³-hybridized carbons (Fsp3) is 0.500. The fourth-order valence-corrected chi connectivity index (χ4v) is 1.41. The lowest BCUT2D eigenvalue weighted by Crippen LogP contribution is -2.26. The summed E-state index contributed by atoms with van der Waals surface area (Å²) in [6.45, 7) is 2.60. The van der Waals surface area contributed by atoms with Crippen molar-refractivity contribution in [3.05, 3.63) is 35.9 Å². The number of aliphatic hydroxyl groups excluding tert-OH is 1. The van der Waals surface area contributed by atoms with Crippen molar-refractivity contribution in [2.75, 3.05) is 13.2 Å². The molecule has 0 amide bonds. The molecule has 0 bridgehead atoms. The van der Waals surface area contributed by atoms with Crippen molar-refractivity contribution >= 4 is 0 Å². The Morgan fingerprint density at radius 1 is 1.33 bits per heavy atom.